The van der Waals surface area contributed by atoms with E-state index in [0.717, 1.165) is 29.0 Å². The third-order valence-electron chi connectivity index (χ3n) is 2.65. The Bertz CT molecular complexity index is 536. The molecule has 0 saturated heterocycles. The van der Waals surface area contributed by atoms with Crippen molar-refractivity contribution in [2.24, 2.45) is 0 Å². The van der Waals surface area contributed by atoms with Gasteiger partial charge in [-0.25, -0.2) is 9.97 Å². The van der Waals surface area contributed by atoms with Gasteiger partial charge in [-0.1, -0.05) is 0 Å². The summed E-state index contributed by atoms with van der Waals surface area (Å²) in [4.78, 5) is 8.60. The van der Waals surface area contributed by atoms with Gasteiger partial charge in [0.2, 0.25) is 0 Å². The summed E-state index contributed by atoms with van der Waals surface area (Å²) in [6.07, 6.45) is 0. The number of rotatable bonds is 4. The lowest BCUT2D eigenvalue weighted by Crippen LogP contribution is -2.09. The van der Waals surface area contributed by atoms with Gasteiger partial charge in [-0.3, -0.25) is 0 Å². The highest BCUT2D eigenvalue weighted by molar-refractivity contribution is 5.48. The summed E-state index contributed by atoms with van der Waals surface area (Å²) in [7, 11) is 1.84. The standard InChI is InChI=1S/C13H18N4O/c1-8-5-6-11(18-8)9(2)15-13-7-12(14-4)16-10(3)17-13/h5-7,9H,1-4H3,(H2,14,15,16,17). The second-order valence-corrected chi connectivity index (χ2v) is 4.25. The minimum Gasteiger partial charge on any atom is -0.464 e. The van der Waals surface area contributed by atoms with E-state index in [1.165, 1.54) is 0 Å². The second-order valence-electron chi connectivity index (χ2n) is 4.25. The molecular weight excluding hydrogens is 228 g/mol. The number of hydrogen-bond acceptors (Lipinski definition) is 5. The van der Waals surface area contributed by atoms with Crippen LogP contribution in [-0.4, -0.2) is 17.0 Å². The van der Waals surface area contributed by atoms with Gasteiger partial charge in [0.1, 0.15) is 29.0 Å². The number of aromatic nitrogens is 2. The van der Waals surface area contributed by atoms with Crippen molar-refractivity contribution in [1.82, 2.24) is 9.97 Å². The molecule has 1 atom stereocenters. The van der Waals surface area contributed by atoms with Crippen LogP contribution in [0.25, 0.3) is 0 Å². The topological polar surface area (TPSA) is 63.0 Å². The summed E-state index contributed by atoms with van der Waals surface area (Å²) in [6, 6.07) is 5.87. The Labute approximate surface area is 107 Å². The van der Waals surface area contributed by atoms with E-state index in [4.69, 9.17) is 4.42 Å². The van der Waals surface area contributed by atoms with Gasteiger partial charge in [0.25, 0.3) is 0 Å². The number of hydrogen-bond donors (Lipinski definition) is 2. The molecule has 2 heterocycles. The van der Waals surface area contributed by atoms with E-state index < -0.39 is 0 Å². The van der Waals surface area contributed by atoms with E-state index in [-0.39, 0.29) is 6.04 Å². The average Bonchev–Trinajstić information content (AvgIpc) is 2.75. The van der Waals surface area contributed by atoms with Crippen LogP contribution in [0.1, 0.15) is 30.3 Å². The van der Waals surface area contributed by atoms with Crippen LogP contribution in [-0.2, 0) is 0 Å². The maximum absolute atomic E-state index is 5.58. The van der Waals surface area contributed by atoms with E-state index in [2.05, 4.69) is 20.6 Å². The van der Waals surface area contributed by atoms with Crippen LogP contribution >= 0.6 is 0 Å². The molecule has 0 radical (unpaired) electrons. The molecule has 2 aromatic rings. The molecule has 1 unspecified atom stereocenters. The van der Waals surface area contributed by atoms with Crippen molar-refractivity contribution in [2.45, 2.75) is 26.8 Å². The van der Waals surface area contributed by atoms with Gasteiger partial charge < -0.3 is 15.1 Å². The third-order valence-corrected chi connectivity index (χ3v) is 2.65. The zero-order valence-corrected chi connectivity index (χ0v) is 11.1. The minimum absolute atomic E-state index is 0.0673. The Kier molecular flexibility index (Phi) is 3.50. The van der Waals surface area contributed by atoms with Crippen LogP contribution in [0.2, 0.25) is 0 Å². The van der Waals surface area contributed by atoms with Crippen molar-refractivity contribution in [1.29, 1.82) is 0 Å². The van der Waals surface area contributed by atoms with Crippen molar-refractivity contribution in [3.63, 3.8) is 0 Å². The molecule has 0 aliphatic carbocycles. The fourth-order valence-electron chi connectivity index (χ4n) is 1.75. The number of nitrogens with zero attached hydrogens (tertiary/aromatic N) is 2. The zero-order chi connectivity index (χ0) is 13.1. The number of anilines is 2. The van der Waals surface area contributed by atoms with Crippen LogP contribution in [0.15, 0.2) is 22.6 Å². The molecule has 18 heavy (non-hydrogen) atoms. The van der Waals surface area contributed by atoms with Crippen LogP contribution in [0.3, 0.4) is 0 Å². The lowest BCUT2D eigenvalue weighted by molar-refractivity contribution is 0.466. The van der Waals surface area contributed by atoms with Gasteiger partial charge in [-0.2, -0.15) is 0 Å². The second kappa shape index (κ2) is 5.08. The summed E-state index contributed by atoms with van der Waals surface area (Å²) >= 11 is 0. The summed E-state index contributed by atoms with van der Waals surface area (Å²) in [5, 5.41) is 6.31. The van der Waals surface area contributed by atoms with Crippen LogP contribution in [0.4, 0.5) is 11.6 Å². The SMILES string of the molecule is CNc1cc(NC(C)c2ccc(C)o2)nc(C)n1. The molecule has 2 N–H and O–H groups in total. The molecule has 2 rings (SSSR count). The molecule has 0 bridgehead atoms. The summed E-state index contributed by atoms with van der Waals surface area (Å²) < 4.78 is 5.58. The van der Waals surface area contributed by atoms with Crippen molar-refractivity contribution >= 4 is 11.6 Å². The Morgan fingerprint density at radius 2 is 1.89 bits per heavy atom. The van der Waals surface area contributed by atoms with E-state index in [0.29, 0.717) is 0 Å². The number of aryl methyl sites for hydroxylation is 2. The van der Waals surface area contributed by atoms with E-state index in [1.54, 1.807) is 0 Å². The summed E-state index contributed by atoms with van der Waals surface area (Å²) in [6.45, 7) is 5.84. The molecule has 2 aromatic heterocycles. The Balaban J connectivity index is 2.16. The molecule has 0 saturated carbocycles. The summed E-state index contributed by atoms with van der Waals surface area (Å²) in [5.41, 5.74) is 0. The van der Waals surface area contributed by atoms with Gasteiger partial charge in [0, 0.05) is 13.1 Å². The zero-order valence-electron chi connectivity index (χ0n) is 11.1. The van der Waals surface area contributed by atoms with Crippen molar-refractivity contribution in [2.75, 3.05) is 17.7 Å². The van der Waals surface area contributed by atoms with Gasteiger partial charge in [0.15, 0.2) is 0 Å². The Morgan fingerprint density at radius 1 is 1.17 bits per heavy atom. The molecule has 0 aliphatic rings. The first-order valence-corrected chi connectivity index (χ1v) is 5.95. The molecule has 0 fully saturated rings. The highest BCUT2D eigenvalue weighted by Crippen LogP contribution is 2.21. The lowest BCUT2D eigenvalue weighted by atomic mass is 10.2. The molecule has 0 aliphatic heterocycles. The Morgan fingerprint density at radius 3 is 2.50 bits per heavy atom. The predicted molar refractivity (Wildman–Crippen MR) is 71.8 cm³/mol. The molecule has 5 nitrogen and oxygen atoms in total. The molecule has 5 heteroatoms. The number of nitrogens with one attached hydrogen (secondary N) is 2. The number of furan rings is 1. The molecule has 0 spiro atoms. The van der Waals surface area contributed by atoms with Gasteiger partial charge in [0.05, 0.1) is 6.04 Å². The largest absolute Gasteiger partial charge is 0.464 e. The first kappa shape index (κ1) is 12.4. The predicted octanol–water partition coefficient (Wildman–Crippen LogP) is 2.90. The van der Waals surface area contributed by atoms with E-state index >= 15 is 0 Å². The maximum atomic E-state index is 5.58. The van der Waals surface area contributed by atoms with Crippen molar-refractivity contribution in [3.8, 4) is 0 Å². The first-order chi connectivity index (χ1) is 8.58. The lowest BCUT2D eigenvalue weighted by Gasteiger charge is -2.13. The van der Waals surface area contributed by atoms with Crippen molar-refractivity contribution in [3.05, 3.63) is 35.5 Å². The normalized spacial score (nSPS) is 12.2. The average molecular weight is 246 g/mol. The highest BCUT2D eigenvalue weighted by atomic mass is 16.3. The van der Waals surface area contributed by atoms with Gasteiger partial charge in [-0.05, 0) is 32.9 Å². The van der Waals surface area contributed by atoms with E-state index in [9.17, 15) is 0 Å². The monoisotopic (exact) mass is 246 g/mol. The molecule has 96 valence electrons. The van der Waals surface area contributed by atoms with Crippen LogP contribution in [0.5, 0.6) is 0 Å². The highest BCUT2D eigenvalue weighted by Gasteiger charge is 2.10. The van der Waals surface area contributed by atoms with Crippen molar-refractivity contribution < 1.29 is 4.42 Å². The quantitative estimate of drug-likeness (QED) is 0.868. The van der Waals surface area contributed by atoms with Gasteiger partial charge >= 0.3 is 0 Å². The summed E-state index contributed by atoms with van der Waals surface area (Å²) in [5.74, 6) is 4.12. The third kappa shape index (κ3) is 2.80. The van der Waals surface area contributed by atoms with Gasteiger partial charge in [-0.15, -0.1) is 0 Å². The van der Waals surface area contributed by atoms with Crippen LogP contribution < -0.4 is 10.6 Å². The van der Waals surface area contributed by atoms with E-state index in [1.807, 2.05) is 46.0 Å². The molecule has 0 aromatic carbocycles. The fourth-order valence-corrected chi connectivity index (χ4v) is 1.75. The molecule has 0 amide bonds. The Hall–Kier alpha value is -2.04. The fraction of sp³-hybridized carbons (Fsp3) is 0.385. The first-order valence-electron chi connectivity index (χ1n) is 5.95. The minimum atomic E-state index is 0.0673. The van der Waals surface area contributed by atoms with Crippen LogP contribution in [0, 0.1) is 13.8 Å². The molecular formula is C13H18N4O. The smallest absolute Gasteiger partial charge is 0.132 e. The maximum Gasteiger partial charge on any atom is 0.132 e.